The summed E-state index contributed by atoms with van der Waals surface area (Å²) in [6.07, 6.45) is 0. The third-order valence-electron chi connectivity index (χ3n) is 14.5. The van der Waals surface area contributed by atoms with E-state index in [0.717, 1.165) is 11.4 Å². The highest BCUT2D eigenvalue weighted by atomic mass is 32.1. The number of aromatic nitrogens is 2. The van der Waals surface area contributed by atoms with Gasteiger partial charge in [0.15, 0.2) is 0 Å². The Morgan fingerprint density at radius 2 is 0.686 bits per heavy atom. The van der Waals surface area contributed by atoms with E-state index in [1.165, 1.54) is 128 Å². The Labute approximate surface area is 411 Å². The van der Waals surface area contributed by atoms with E-state index in [4.69, 9.17) is 0 Å². The average molecular weight is 925 g/mol. The van der Waals surface area contributed by atoms with Crippen LogP contribution in [0.1, 0.15) is 0 Å². The number of hydrogen-bond acceptors (Lipinski definition) is 2. The molecule has 0 fully saturated rings. The first-order valence-electron chi connectivity index (χ1n) is 23.9. The van der Waals surface area contributed by atoms with Crippen molar-refractivity contribution in [1.82, 2.24) is 9.13 Å². The summed E-state index contributed by atoms with van der Waals surface area (Å²) in [5, 5.41) is 10.2. The highest BCUT2D eigenvalue weighted by Gasteiger charge is 2.19. The second-order valence-corrected chi connectivity index (χ2v) is 20.6. The molecule has 0 saturated carbocycles. The van der Waals surface area contributed by atoms with E-state index in [9.17, 15) is 0 Å². The molecule has 4 aromatic heterocycles. The van der Waals surface area contributed by atoms with Gasteiger partial charge in [-0.2, -0.15) is 0 Å². The van der Waals surface area contributed by atoms with Gasteiger partial charge in [-0.15, -0.1) is 22.7 Å². The van der Waals surface area contributed by atoms with E-state index >= 15 is 0 Å². The molecule has 0 saturated heterocycles. The molecule has 326 valence electrons. The van der Waals surface area contributed by atoms with Gasteiger partial charge in [-0.1, -0.05) is 146 Å². The highest BCUT2D eigenvalue weighted by Crippen LogP contribution is 2.44. The number of thiophene rings is 2. The van der Waals surface area contributed by atoms with Crippen molar-refractivity contribution in [2.75, 3.05) is 0 Å². The fraction of sp³-hybridized carbons (Fsp3) is 0. The lowest BCUT2D eigenvalue weighted by atomic mass is 9.93. The molecule has 70 heavy (non-hydrogen) atoms. The lowest BCUT2D eigenvalue weighted by molar-refractivity contribution is 1.17. The Balaban J connectivity index is 0.864. The summed E-state index contributed by atoms with van der Waals surface area (Å²) in [5.41, 5.74) is 16.9. The molecule has 4 heterocycles. The third-order valence-corrected chi connectivity index (χ3v) is 16.9. The quantitative estimate of drug-likeness (QED) is 0.157. The second kappa shape index (κ2) is 15.5. The maximum absolute atomic E-state index is 2.46. The molecule has 0 N–H and O–H groups in total. The number of benzene rings is 11. The van der Waals surface area contributed by atoms with Crippen molar-refractivity contribution in [2.45, 2.75) is 0 Å². The number of para-hydroxylation sites is 2. The first-order valence-corrected chi connectivity index (χ1v) is 25.5. The minimum Gasteiger partial charge on any atom is -0.309 e. The summed E-state index contributed by atoms with van der Waals surface area (Å²) in [4.78, 5) is 0. The van der Waals surface area contributed by atoms with Crippen molar-refractivity contribution >= 4 is 107 Å². The lowest BCUT2D eigenvalue weighted by Gasteiger charge is -2.12. The molecule has 0 aliphatic heterocycles. The molecule has 0 aliphatic carbocycles. The van der Waals surface area contributed by atoms with Gasteiger partial charge in [0.1, 0.15) is 0 Å². The van der Waals surface area contributed by atoms with Crippen LogP contribution < -0.4 is 0 Å². The van der Waals surface area contributed by atoms with E-state index in [0.29, 0.717) is 0 Å². The summed E-state index contributed by atoms with van der Waals surface area (Å²) in [6, 6.07) is 90.0. The monoisotopic (exact) mass is 924 g/mol. The average Bonchev–Trinajstić information content (AvgIpc) is 4.18. The fourth-order valence-corrected chi connectivity index (χ4v) is 13.5. The van der Waals surface area contributed by atoms with E-state index in [1.807, 2.05) is 22.7 Å². The molecule has 0 radical (unpaired) electrons. The summed E-state index contributed by atoms with van der Waals surface area (Å²) in [6.45, 7) is 0. The third kappa shape index (κ3) is 6.10. The van der Waals surface area contributed by atoms with Crippen LogP contribution in [0.4, 0.5) is 0 Å². The molecule has 2 nitrogen and oxygen atoms in total. The fourth-order valence-electron chi connectivity index (χ4n) is 11.2. The predicted molar refractivity (Wildman–Crippen MR) is 303 cm³/mol. The van der Waals surface area contributed by atoms with Crippen LogP contribution in [-0.4, -0.2) is 9.13 Å². The molecule has 0 amide bonds. The number of hydrogen-bond donors (Lipinski definition) is 0. The van der Waals surface area contributed by atoms with Crippen LogP contribution in [0.15, 0.2) is 243 Å². The van der Waals surface area contributed by atoms with Gasteiger partial charge in [-0.3, -0.25) is 0 Å². The summed E-state index contributed by atoms with van der Waals surface area (Å²) >= 11 is 3.76. The van der Waals surface area contributed by atoms with Crippen LogP contribution in [-0.2, 0) is 0 Å². The van der Waals surface area contributed by atoms with E-state index in [2.05, 4.69) is 252 Å². The minimum absolute atomic E-state index is 1.15. The largest absolute Gasteiger partial charge is 0.309 e. The Morgan fingerprint density at radius 3 is 1.37 bits per heavy atom. The zero-order valence-electron chi connectivity index (χ0n) is 37.8. The summed E-state index contributed by atoms with van der Waals surface area (Å²) < 4.78 is 10.2. The first kappa shape index (κ1) is 39.5. The molecule has 15 rings (SSSR count). The molecule has 11 aromatic carbocycles. The molecule has 0 atom stereocenters. The lowest BCUT2D eigenvalue weighted by Crippen LogP contribution is -1.95. The Kier molecular flexibility index (Phi) is 8.73. The van der Waals surface area contributed by atoms with Gasteiger partial charge in [-0.25, -0.2) is 0 Å². The van der Waals surface area contributed by atoms with Crippen molar-refractivity contribution in [1.29, 1.82) is 0 Å². The minimum atomic E-state index is 1.15. The Morgan fingerprint density at radius 1 is 0.229 bits per heavy atom. The molecule has 0 unspecified atom stereocenters. The van der Waals surface area contributed by atoms with Crippen molar-refractivity contribution in [3.63, 3.8) is 0 Å². The normalized spacial score (nSPS) is 12.0. The first-order chi connectivity index (χ1) is 34.7. The standard InChI is InChI=1S/C66H40N2S2/c1-3-14-41(15-4-1)45-34-46(42-16-5-2-6-17-42)36-47(35-45)43-27-32-64-57(37-43)58-40-49(29-33-65(58)69-64)68-60-24-11-8-19-52(60)56-39-48(28-31-62(56)68)67-59-23-10-7-18-51(59)55-38-44(26-30-61(55)67)50-21-13-22-54-53-20-9-12-25-63(53)70-66(50)54/h1-40H. The van der Waals surface area contributed by atoms with Crippen molar-refractivity contribution in [3.8, 4) is 55.9 Å². The van der Waals surface area contributed by atoms with Crippen LogP contribution >= 0.6 is 22.7 Å². The van der Waals surface area contributed by atoms with Gasteiger partial charge < -0.3 is 9.13 Å². The number of fused-ring (bicyclic) bond motifs is 12. The molecule has 0 spiro atoms. The highest BCUT2D eigenvalue weighted by molar-refractivity contribution is 7.26. The van der Waals surface area contributed by atoms with Crippen LogP contribution in [0, 0.1) is 0 Å². The van der Waals surface area contributed by atoms with Gasteiger partial charge in [0.25, 0.3) is 0 Å². The SMILES string of the molecule is c1ccc(-c2cc(-c3ccccc3)cc(-c3ccc4sc5ccc(-n6c7ccccc7c7cc(-n8c9ccccc9c9cc(-c%10cccc%11c%10sc%10ccccc%10%11)ccc98)ccc76)cc5c4c3)c2)cc1. The van der Waals surface area contributed by atoms with Crippen molar-refractivity contribution in [3.05, 3.63) is 243 Å². The van der Waals surface area contributed by atoms with Crippen LogP contribution in [0.3, 0.4) is 0 Å². The summed E-state index contributed by atoms with van der Waals surface area (Å²) in [7, 11) is 0. The second-order valence-electron chi connectivity index (χ2n) is 18.4. The van der Waals surface area contributed by atoms with Gasteiger partial charge in [0.2, 0.25) is 0 Å². The number of rotatable bonds is 6. The topological polar surface area (TPSA) is 9.86 Å². The smallest absolute Gasteiger partial charge is 0.0542 e. The maximum Gasteiger partial charge on any atom is 0.0542 e. The molecular formula is C66H40N2S2. The molecule has 0 bridgehead atoms. The van der Waals surface area contributed by atoms with Crippen molar-refractivity contribution < 1.29 is 0 Å². The molecule has 15 aromatic rings. The van der Waals surface area contributed by atoms with E-state index < -0.39 is 0 Å². The Bertz CT molecular complexity index is 4530. The molecule has 4 heteroatoms. The van der Waals surface area contributed by atoms with Gasteiger partial charge in [-0.05, 0) is 142 Å². The van der Waals surface area contributed by atoms with Crippen molar-refractivity contribution in [2.24, 2.45) is 0 Å². The molecule has 0 aliphatic rings. The van der Waals surface area contributed by atoms with Gasteiger partial charge >= 0.3 is 0 Å². The maximum atomic E-state index is 2.46. The molecular weight excluding hydrogens is 885 g/mol. The van der Waals surface area contributed by atoms with E-state index in [-0.39, 0.29) is 0 Å². The predicted octanol–water partition coefficient (Wildman–Crippen LogP) is 19.3. The zero-order chi connectivity index (χ0) is 45.9. The van der Waals surface area contributed by atoms with Crippen LogP contribution in [0.2, 0.25) is 0 Å². The van der Waals surface area contributed by atoms with Crippen LogP contribution in [0.25, 0.3) is 140 Å². The number of nitrogens with zero attached hydrogens (tertiary/aromatic N) is 2. The van der Waals surface area contributed by atoms with Crippen LogP contribution in [0.5, 0.6) is 0 Å². The Hall–Kier alpha value is -8.54. The van der Waals surface area contributed by atoms with Gasteiger partial charge in [0.05, 0.1) is 22.1 Å². The zero-order valence-corrected chi connectivity index (χ0v) is 39.4. The summed E-state index contributed by atoms with van der Waals surface area (Å²) in [5.74, 6) is 0. The van der Waals surface area contributed by atoms with E-state index in [1.54, 1.807) is 0 Å². The van der Waals surface area contributed by atoms with Gasteiger partial charge in [0, 0.05) is 73.3 Å².